The fourth-order valence-corrected chi connectivity index (χ4v) is 4.49. The topological polar surface area (TPSA) is 66.5 Å². The summed E-state index contributed by atoms with van der Waals surface area (Å²) in [7, 11) is -1.11. The highest BCUT2D eigenvalue weighted by Crippen LogP contribution is 2.22. The minimum absolute atomic E-state index is 0.0945. The second-order valence-corrected chi connectivity index (χ2v) is 7.68. The third kappa shape index (κ3) is 3.37. The standard InChI is InChI=1S/C12H22N2O3S/c1-14(11-5-3-2-4-6-11)12(15)13-10-7-8-18(16,17)9-10/h10-11H,2-9H2,1H3,(H,13,15). The monoisotopic (exact) mass is 274 g/mol. The first kappa shape index (κ1) is 13.6. The van der Waals surface area contributed by atoms with E-state index in [1.807, 2.05) is 7.05 Å². The van der Waals surface area contributed by atoms with Gasteiger partial charge >= 0.3 is 6.03 Å². The summed E-state index contributed by atoms with van der Waals surface area (Å²) in [6.45, 7) is 0. The van der Waals surface area contributed by atoms with Gasteiger partial charge < -0.3 is 10.2 Å². The Morgan fingerprint density at radius 1 is 1.17 bits per heavy atom. The van der Waals surface area contributed by atoms with E-state index in [-0.39, 0.29) is 23.6 Å². The quantitative estimate of drug-likeness (QED) is 0.821. The molecule has 0 radical (unpaired) electrons. The Labute approximate surface area is 109 Å². The Kier molecular flexibility index (Phi) is 4.14. The lowest BCUT2D eigenvalue weighted by Gasteiger charge is -2.32. The number of rotatable bonds is 2. The van der Waals surface area contributed by atoms with Gasteiger partial charge in [0, 0.05) is 19.1 Å². The number of sulfone groups is 1. The number of carbonyl (C=O) groups is 1. The molecule has 1 saturated carbocycles. The van der Waals surface area contributed by atoms with Crippen LogP contribution in [0, 0.1) is 0 Å². The number of hydrogen-bond acceptors (Lipinski definition) is 3. The van der Waals surface area contributed by atoms with E-state index < -0.39 is 9.84 Å². The van der Waals surface area contributed by atoms with Crippen molar-refractivity contribution < 1.29 is 13.2 Å². The van der Waals surface area contributed by atoms with E-state index in [1.54, 1.807) is 4.90 Å². The molecule has 0 spiro atoms. The van der Waals surface area contributed by atoms with Gasteiger partial charge in [0.15, 0.2) is 9.84 Å². The van der Waals surface area contributed by atoms with Crippen LogP contribution in [0.15, 0.2) is 0 Å². The second-order valence-electron chi connectivity index (χ2n) is 5.45. The molecule has 2 rings (SSSR count). The predicted octanol–water partition coefficient (Wildman–Crippen LogP) is 1.15. The lowest BCUT2D eigenvalue weighted by Crippen LogP contribution is -2.48. The molecule has 0 aromatic carbocycles. The van der Waals surface area contributed by atoms with Gasteiger partial charge in [-0.15, -0.1) is 0 Å². The summed E-state index contributed by atoms with van der Waals surface area (Å²) >= 11 is 0. The molecule has 1 aliphatic heterocycles. The van der Waals surface area contributed by atoms with Crippen LogP contribution in [0.2, 0.25) is 0 Å². The fourth-order valence-electron chi connectivity index (χ4n) is 2.82. The summed E-state index contributed by atoms with van der Waals surface area (Å²) in [6.07, 6.45) is 6.29. The van der Waals surface area contributed by atoms with E-state index in [0.717, 1.165) is 12.8 Å². The van der Waals surface area contributed by atoms with Crippen molar-refractivity contribution in [2.45, 2.75) is 50.6 Å². The highest BCUT2D eigenvalue weighted by molar-refractivity contribution is 7.91. The van der Waals surface area contributed by atoms with E-state index in [4.69, 9.17) is 0 Å². The van der Waals surface area contributed by atoms with E-state index in [2.05, 4.69) is 5.32 Å². The van der Waals surface area contributed by atoms with Crippen molar-refractivity contribution in [3.8, 4) is 0 Å². The average molecular weight is 274 g/mol. The van der Waals surface area contributed by atoms with Crippen LogP contribution in [0.5, 0.6) is 0 Å². The number of urea groups is 1. The van der Waals surface area contributed by atoms with Crippen LogP contribution in [-0.4, -0.2) is 50.0 Å². The van der Waals surface area contributed by atoms with Crippen LogP contribution in [0.25, 0.3) is 0 Å². The van der Waals surface area contributed by atoms with E-state index in [1.165, 1.54) is 19.3 Å². The first-order valence-electron chi connectivity index (χ1n) is 6.72. The molecule has 1 aliphatic carbocycles. The smallest absolute Gasteiger partial charge is 0.317 e. The Morgan fingerprint density at radius 2 is 1.83 bits per heavy atom. The molecular weight excluding hydrogens is 252 g/mol. The maximum Gasteiger partial charge on any atom is 0.317 e. The maximum absolute atomic E-state index is 12.0. The van der Waals surface area contributed by atoms with Crippen LogP contribution in [0.3, 0.4) is 0 Å². The molecule has 0 aromatic heterocycles. The lowest BCUT2D eigenvalue weighted by atomic mass is 9.95. The molecule has 5 nitrogen and oxygen atoms in total. The molecule has 1 saturated heterocycles. The van der Waals surface area contributed by atoms with Crippen molar-refractivity contribution in [1.29, 1.82) is 0 Å². The van der Waals surface area contributed by atoms with Crippen LogP contribution in [-0.2, 0) is 9.84 Å². The Hall–Kier alpha value is -0.780. The zero-order valence-electron chi connectivity index (χ0n) is 10.9. The van der Waals surface area contributed by atoms with Gasteiger partial charge in [0.1, 0.15) is 0 Å². The number of amides is 2. The number of nitrogens with one attached hydrogen (secondary N) is 1. The largest absolute Gasteiger partial charge is 0.334 e. The summed E-state index contributed by atoms with van der Waals surface area (Å²) in [4.78, 5) is 13.8. The van der Waals surface area contributed by atoms with Gasteiger partial charge in [-0.1, -0.05) is 19.3 Å². The summed E-state index contributed by atoms with van der Waals surface area (Å²) in [5.74, 6) is 0.294. The summed E-state index contributed by atoms with van der Waals surface area (Å²) in [5, 5.41) is 2.84. The van der Waals surface area contributed by atoms with Gasteiger partial charge in [-0.2, -0.15) is 0 Å². The van der Waals surface area contributed by atoms with Crippen molar-refractivity contribution >= 4 is 15.9 Å². The summed E-state index contributed by atoms with van der Waals surface area (Å²) in [6, 6.07) is -0.00528. The van der Waals surface area contributed by atoms with Crippen molar-refractivity contribution in [2.24, 2.45) is 0 Å². The van der Waals surface area contributed by atoms with Crippen LogP contribution < -0.4 is 5.32 Å². The minimum Gasteiger partial charge on any atom is -0.334 e. The molecule has 104 valence electrons. The summed E-state index contributed by atoms with van der Waals surface area (Å²) in [5.41, 5.74) is 0. The first-order chi connectivity index (χ1) is 8.48. The molecule has 1 unspecified atom stereocenters. The van der Waals surface area contributed by atoms with Crippen molar-refractivity contribution in [3.63, 3.8) is 0 Å². The van der Waals surface area contributed by atoms with E-state index in [9.17, 15) is 13.2 Å². The molecular formula is C12H22N2O3S. The molecule has 6 heteroatoms. The number of nitrogens with zero attached hydrogens (tertiary/aromatic N) is 1. The highest BCUT2D eigenvalue weighted by Gasteiger charge is 2.30. The Morgan fingerprint density at radius 3 is 2.39 bits per heavy atom. The molecule has 1 N–H and O–H groups in total. The van der Waals surface area contributed by atoms with Crippen LogP contribution >= 0.6 is 0 Å². The molecule has 2 fully saturated rings. The van der Waals surface area contributed by atoms with E-state index >= 15 is 0 Å². The Bertz CT molecular complexity index is 402. The zero-order chi connectivity index (χ0) is 13.2. The van der Waals surface area contributed by atoms with Crippen LogP contribution in [0.4, 0.5) is 4.79 Å². The van der Waals surface area contributed by atoms with Crippen LogP contribution in [0.1, 0.15) is 38.5 Å². The molecule has 2 amide bonds. The SMILES string of the molecule is CN(C(=O)NC1CCS(=O)(=O)C1)C1CCCCC1. The van der Waals surface area contributed by atoms with Gasteiger partial charge in [-0.3, -0.25) is 0 Å². The molecule has 18 heavy (non-hydrogen) atoms. The third-order valence-corrected chi connectivity index (χ3v) is 5.77. The maximum atomic E-state index is 12.0. The van der Waals surface area contributed by atoms with Gasteiger partial charge in [-0.05, 0) is 19.3 Å². The third-order valence-electron chi connectivity index (χ3n) is 4.00. The molecule has 1 atom stereocenters. The Balaban J connectivity index is 1.84. The summed E-state index contributed by atoms with van der Waals surface area (Å²) < 4.78 is 22.7. The van der Waals surface area contributed by atoms with Gasteiger partial charge in [0.2, 0.25) is 0 Å². The van der Waals surface area contributed by atoms with Gasteiger partial charge in [0.05, 0.1) is 11.5 Å². The van der Waals surface area contributed by atoms with E-state index in [0.29, 0.717) is 12.5 Å². The van der Waals surface area contributed by atoms with Gasteiger partial charge in [0.25, 0.3) is 0 Å². The number of carbonyl (C=O) groups excluding carboxylic acids is 1. The van der Waals surface area contributed by atoms with Crippen molar-refractivity contribution in [1.82, 2.24) is 10.2 Å². The first-order valence-corrected chi connectivity index (χ1v) is 8.54. The highest BCUT2D eigenvalue weighted by atomic mass is 32.2. The zero-order valence-corrected chi connectivity index (χ0v) is 11.7. The molecule has 2 aliphatic rings. The fraction of sp³-hybridized carbons (Fsp3) is 0.917. The number of hydrogen-bond donors (Lipinski definition) is 1. The minimum atomic E-state index is -2.92. The molecule has 1 heterocycles. The molecule has 0 bridgehead atoms. The molecule has 0 aromatic rings. The van der Waals surface area contributed by atoms with Crippen molar-refractivity contribution in [2.75, 3.05) is 18.6 Å². The predicted molar refractivity (Wildman–Crippen MR) is 70.2 cm³/mol. The normalized spacial score (nSPS) is 27.9. The van der Waals surface area contributed by atoms with Gasteiger partial charge in [-0.25, -0.2) is 13.2 Å². The lowest BCUT2D eigenvalue weighted by molar-refractivity contribution is 0.171. The van der Waals surface area contributed by atoms with Crippen molar-refractivity contribution in [3.05, 3.63) is 0 Å². The second kappa shape index (κ2) is 5.47. The average Bonchev–Trinajstić information content (AvgIpc) is 2.68.